The maximum Gasteiger partial charge on any atom is 0.246 e. The van der Waals surface area contributed by atoms with Gasteiger partial charge in [0.05, 0.1) is 6.42 Å². The monoisotopic (exact) mass is 362 g/mol. The Balaban J connectivity index is 1.72. The first-order chi connectivity index (χ1) is 12.1. The van der Waals surface area contributed by atoms with Crippen LogP contribution in [0.2, 0.25) is 0 Å². The van der Waals surface area contributed by atoms with Crippen LogP contribution in [-0.4, -0.2) is 35.3 Å². The summed E-state index contributed by atoms with van der Waals surface area (Å²) in [5.41, 5.74) is -0.649. The van der Waals surface area contributed by atoms with E-state index in [0.717, 1.165) is 49.8 Å². The Hall–Kier alpha value is -1.36. The molecule has 0 spiro atoms. The van der Waals surface area contributed by atoms with Crippen molar-refractivity contribution >= 4 is 23.2 Å². The van der Waals surface area contributed by atoms with Crippen molar-refractivity contribution in [3.05, 3.63) is 22.4 Å². The summed E-state index contributed by atoms with van der Waals surface area (Å²) >= 11 is 1.60. The zero-order chi connectivity index (χ0) is 17.7. The maximum absolute atomic E-state index is 13.2. The van der Waals surface area contributed by atoms with Crippen molar-refractivity contribution in [2.45, 2.75) is 82.2 Å². The molecule has 138 valence electrons. The Morgan fingerprint density at radius 3 is 2.48 bits per heavy atom. The number of carbonyl (C=O) groups is 2. The van der Waals surface area contributed by atoms with Crippen LogP contribution >= 0.6 is 11.3 Å². The lowest BCUT2D eigenvalue weighted by Gasteiger charge is -2.44. The molecule has 0 bridgehead atoms. The van der Waals surface area contributed by atoms with Gasteiger partial charge in [0, 0.05) is 18.0 Å². The van der Waals surface area contributed by atoms with Gasteiger partial charge in [-0.15, -0.1) is 11.3 Å². The zero-order valence-electron chi connectivity index (χ0n) is 15.3. The van der Waals surface area contributed by atoms with Crippen molar-refractivity contribution in [3.63, 3.8) is 0 Å². The summed E-state index contributed by atoms with van der Waals surface area (Å²) in [5.74, 6) is 0.143. The molecule has 5 heteroatoms. The second kappa shape index (κ2) is 8.35. The number of likely N-dealkylation sites (N-methyl/N-ethyl adjacent to an activating group) is 1. The Kier molecular flexibility index (Phi) is 6.15. The molecule has 0 radical (unpaired) electrons. The second-order valence-electron chi connectivity index (χ2n) is 7.61. The molecule has 25 heavy (non-hydrogen) atoms. The molecule has 3 rings (SSSR count). The Labute approximate surface area is 155 Å². The van der Waals surface area contributed by atoms with Gasteiger partial charge in [-0.3, -0.25) is 9.59 Å². The number of thiophene rings is 1. The smallest absolute Gasteiger partial charge is 0.246 e. The van der Waals surface area contributed by atoms with Crippen molar-refractivity contribution in [3.8, 4) is 0 Å². The van der Waals surface area contributed by atoms with Gasteiger partial charge in [0.25, 0.3) is 0 Å². The third kappa shape index (κ3) is 4.25. The highest BCUT2D eigenvalue weighted by Gasteiger charge is 2.45. The summed E-state index contributed by atoms with van der Waals surface area (Å²) in [6.07, 6.45) is 11.0. The van der Waals surface area contributed by atoms with Gasteiger partial charge in [0.15, 0.2) is 0 Å². The van der Waals surface area contributed by atoms with E-state index in [-0.39, 0.29) is 11.8 Å². The Bertz CT molecular complexity index is 573. The first-order valence-corrected chi connectivity index (χ1v) is 10.6. The molecule has 4 nitrogen and oxygen atoms in total. The molecule has 2 aliphatic rings. The first-order valence-electron chi connectivity index (χ1n) is 9.72. The molecule has 0 aliphatic heterocycles. The number of carbonyl (C=O) groups excluding carboxylic acids is 2. The van der Waals surface area contributed by atoms with Crippen molar-refractivity contribution in [2.75, 3.05) is 7.05 Å². The van der Waals surface area contributed by atoms with Gasteiger partial charge in [-0.05, 0) is 37.1 Å². The zero-order valence-corrected chi connectivity index (χ0v) is 16.1. The molecule has 0 unspecified atom stereocenters. The van der Waals surface area contributed by atoms with E-state index in [1.165, 1.54) is 19.3 Å². The minimum atomic E-state index is -0.649. The van der Waals surface area contributed by atoms with E-state index in [1.807, 2.05) is 24.6 Å². The fourth-order valence-electron chi connectivity index (χ4n) is 4.34. The number of nitrogens with one attached hydrogen (secondary N) is 1. The summed E-state index contributed by atoms with van der Waals surface area (Å²) in [6, 6.07) is 4.26. The lowest BCUT2D eigenvalue weighted by atomic mass is 9.79. The fourth-order valence-corrected chi connectivity index (χ4v) is 5.03. The van der Waals surface area contributed by atoms with Gasteiger partial charge in [0.2, 0.25) is 11.8 Å². The molecule has 2 fully saturated rings. The van der Waals surface area contributed by atoms with Gasteiger partial charge in [-0.1, -0.05) is 44.6 Å². The third-order valence-electron chi connectivity index (χ3n) is 5.97. The van der Waals surface area contributed by atoms with Crippen LogP contribution in [0.3, 0.4) is 0 Å². The minimum absolute atomic E-state index is 0.0585. The van der Waals surface area contributed by atoms with Crippen LogP contribution in [0.1, 0.15) is 69.1 Å². The number of amides is 2. The van der Waals surface area contributed by atoms with Gasteiger partial charge >= 0.3 is 0 Å². The van der Waals surface area contributed by atoms with Crippen LogP contribution in [0, 0.1) is 0 Å². The lowest BCUT2D eigenvalue weighted by Crippen LogP contribution is -2.61. The molecular weight excluding hydrogens is 332 g/mol. The van der Waals surface area contributed by atoms with Crippen molar-refractivity contribution < 1.29 is 9.59 Å². The molecule has 1 heterocycles. The molecular formula is C20H30N2O2S. The van der Waals surface area contributed by atoms with E-state index >= 15 is 0 Å². The first kappa shape index (κ1) is 18.4. The van der Waals surface area contributed by atoms with Crippen LogP contribution in [0.15, 0.2) is 17.5 Å². The fraction of sp³-hybridized carbons (Fsp3) is 0.700. The molecule has 0 aromatic carbocycles. The van der Waals surface area contributed by atoms with E-state index in [9.17, 15) is 9.59 Å². The van der Waals surface area contributed by atoms with Gasteiger partial charge < -0.3 is 10.2 Å². The SMILES string of the molecule is CN(C(=O)Cc1cccs1)C1(C(=O)NC2CCCCC2)CCCCC1. The Morgan fingerprint density at radius 1 is 1.16 bits per heavy atom. The van der Waals surface area contributed by atoms with Gasteiger partial charge in [-0.25, -0.2) is 0 Å². The molecule has 0 atom stereocenters. The highest BCUT2D eigenvalue weighted by Crippen LogP contribution is 2.34. The summed E-state index contributed by atoms with van der Waals surface area (Å²) in [4.78, 5) is 28.9. The highest BCUT2D eigenvalue weighted by molar-refractivity contribution is 7.10. The largest absolute Gasteiger partial charge is 0.351 e. The van der Waals surface area contributed by atoms with Crippen LogP contribution in [0.5, 0.6) is 0 Å². The molecule has 0 saturated heterocycles. The predicted octanol–water partition coefficient (Wildman–Crippen LogP) is 3.90. The normalized spacial score (nSPS) is 20.8. The van der Waals surface area contributed by atoms with Crippen molar-refractivity contribution in [1.29, 1.82) is 0 Å². The summed E-state index contributed by atoms with van der Waals surface area (Å²) in [6.45, 7) is 0. The summed E-state index contributed by atoms with van der Waals surface area (Å²) in [5, 5.41) is 5.29. The van der Waals surface area contributed by atoms with Gasteiger partial charge in [-0.2, -0.15) is 0 Å². The van der Waals surface area contributed by atoms with E-state index in [1.54, 1.807) is 16.2 Å². The topological polar surface area (TPSA) is 49.4 Å². The van der Waals surface area contributed by atoms with E-state index < -0.39 is 5.54 Å². The molecule has 1 aromatic rings. The van der Waals surface area contributed by atoms with E-state index in [0.29, 0.717) is 12.5 Å². The van der Waals surface area contributed by atoms with Crippen molar-refractivity contribution in [2.24, 2.45) is 0 Å². The van der Waals surface area contributed by atoms with Crippen LogP contribution < -0.4 is 5.32 Å². The summed E-state index contributed by atoms with van der Waals surface area (Å²) < 4.78 is 0. The lowest BCUT2D eigenvalue weighted by molar-refractivity contribution is -0.148. The number of hydrogen-bond acceptors (Lipinski definition) is 3. The minimum Gasteiger partial charge on any atom is -0.351 e. The second-order valence-corrected chi connectivity index (χ2v) is 8.64. The molecule has 2 saturated carbocycles. The van der Waals surface area contributed by atoms with Gasteiger partial charge in [0.1, 0.15) is 5.54 Å². The number of nitrogens with zero attached hydrogens (tertiary/aromatic N) is 1. The quantitative estimate of drug-likeness (QED) is 0.863. The molecule has 1 N–H and O–H groups in total. The Morgan fingerprint density at radius 2 is 1.84 bits per heavy atom. The molecule has 2 amide bonds. The molecule has 1 aromatic heterocycles. The number of rotatable bonds is 5. The van der Waals surface area contributed by atoms with Crippen LogP contribution in [0.4, 0.5) is 0 Å². The average molecular weight is 363 g/mol. The van der Waals surface area contributed by atoms with E-state index in [2.05, 4.69) is 5.32 Å². The van der Waals surface area contributed by atoms with Crippen LogP contribution in [-0.2, 0) is 16.0 Å². The third-order valence-corrected chi connectivity index (χ3v) is 6.84. The maximum atomic E-state index is 13.2. The van der Waals surface area contributed by atoms with Crippen LogP contribution in [0.25, 0.3) is 0 Å². The predicted molar refractivity (Wildman–Crippen MR) is 102 cm³/mol. The summed E-state index contributed by atoms with van der Waals surface area (Å²) in [7, 11) is 1.84. The van der Waals surface area contributed by atoms with E-state index in [4.69, 9.17) is 0 Å². The highest BCUT2D eigenvalue weighted by atomic mass is 32.1. The number of hydrogen-bond donors (Lipinski definition) is 1. The molecule has 2 aliphatic carbocycles. The average Bonchev–Trinajstić information content (AvgIpc) is 3.15. The van der Waals surface area contributed by atoms with Crippen molar-refractivity contribution in [1.82, 2.24) is 10.2 Å². The standard InChI is InChI=1S/C20H30N2O2S/c1-22(18(23)15-17-11-8-14-25-17)20(12-6-3-7-13-20)19(24)21-16-9-4-2-5-10-16/h8,11,14,16H,2-7,9-10,12-13,15H2,1H3,(H,21,24).